The highest BCUT2D eigenvalue weighted by Gasteiger charge is 2.06. The lowest BCUT2D eigenvalue weighted by Gasteiger charge is -2.14. The number of aldehydes is 1. The van der Waals surface area contributed by atoms with Crippen LogP contribution in [0, 0.1) is 18.8 Å². The molecule has 0 aromatic heterocycles. The molecule has 1 aromatic carbocycles. The van der Waals surface area contributed by atoms with E-state index in [9.17, 15) is 4.79 Å². The number of hydrogen-bond acceptors (Lipinski definition) is 2. The van der Waals surface area contributed by atoms with E-state index in [1.807, 2.05) is 25.1 Å². The Morgan fingerprint density at radius 1 is 1.15 bits per heavy atom. The molecule has 0 amide bonds. The third-order valence-corrected chi connectivity index (χ3v) is 3.64. The lowest BCUT2D eigenvalue weighted by atomic mass is 9.98. The van der Waals surface area contributed by atoms with Gasteiger partial charge in [0.15, 0.2) is 6.29 Å². The largest absolute Gasteiger partial charge is 0.493 e. The molecule has 20 heavy (non-hydrogen) atoms. The molecule has 0 saturated carbocycles. The quantitative estimate of drug-likeness (QED) is 0.591. The first-order chi connectivity index (χ1) is 9.52. The van der Waals surface area contributed by atoms with Crippen molar-refractivity contribution in [3.63, 3.8) is 0 Å². The molecule has 0 bridgehead atoms. The van der Waals surface area contributed by atoms with Gasteiger partial charge in [-0.1, -0.05) is 46.1 Å². The molecule has 0 N–H and O–H groups in total. The Kier molecular flexibility index (Phi) is 7.35. The minimum atomic E-state index is 0.642. The molecular weight excluding hydrogens is 248 g/mol. The monoisotopic (exact) mass is 276 g/mol. The molecule has 1 unspecified atom stereocenters. The van der Waals surface area contributed by atoms with Crippen molar-refractivity contribution in [2.45, 2.75) is 53.4 Å². The van der Waals surface area contributed by atoms with Gasteiger partial charge in [-0.2, -0.15) is 0 Å². The molecular formula is C18H28O2. The first-order valence-corrected chi connectivity index (χ1v) is 7.71. The highest BCUT2D eigenvalue weighted by atomic mass is 16.5. The number of benzene rings is 1. The Balaban J connectivity index is 2.33. The minimum absolute atomic E-state index is 0.642. The first-order valence-electron chi connectivity index (χ1n) is 7.71. The minimum Gasteiger partial charge on any atom is -0.493 e. The van der Waals surface area contributed by atoms with Gasteiger partial charge in [0.25, 0.3) is 0 Å². The molecule has 1 aromatic rings. The van der Waals surface area contributed by atoms with E-state index in [-0.39, 0.29) is 0 Å². The van der Waals surface area contributed by atoms with Crippen molar-refractivity contribution in [3.05, 3.63) is 29.3 Å². The second-order valence-corrected chi connectivity index (χ2v) is 6.23. The van der Waals surface area contributed by atoms with E-state index >= 15 is 0 Å². The molecule has 0 aliphatic heterocycles. The summed E-state index contributed by atoms with van der Waals surface area (Å²) in [6.07, 6.45) is 5.77. The molecule has 0 radical (unpaired) electrons. The number of carbonyl (C=O) groups excluding carboxylic acids is 1. The fourth-order valence-corrected chi connectivity index (χ4v) is 2.25. The zero-order chi connectivity index (χ0) is 15.0. The Morgan fingerprint density at radius 2 is 1.90 bits per heavy atom. The van der Waals surface area contributed by atoms with Crippen molar-refractivity contribution in [1.82, 2.24) is 0 Å². The second-order valence-electron chi connectivity index (χ2n) is 6.23. The average molecular weight is 276 g/mol. The lowest BCUT2D eigenvalue weighted by molar-refractivity contribution is 0.111. The van der Waals surface area contributed by atoms with Gasteiger partial charge in [0.05, 0.1) is 12.2 Å². The van der Waals surface area contributed by atoms with Crippen molar-refractivity contribution in [2.24, 2.45) is 11.8 Å². The van der Waals surface area contributed by atoms with Crippen LogP contribution in [0.25, 0.3) is 0 Å². The van der Waals surface area contributed by atoms with Crippen LogP contribution in [0.15, 0.2) is 18.2 Å². The van der Waals surface area contributed by atoms with E-state index < -0.39 is 0 Å². The predicted molar refractivity (Wildman–Crippen MR) is 84.5 cm³/mol. The zero-order valence-electron chi connectivity index (χ0n) is 13.3. The Morgan fingerprint density at radius 3 is 2.55 bits per heavy atom. The molecule has 0 aliphatic rings. The SMILES string of the molecule is Cc1ccc(C=O)c(OCCC(C)CCCC(C)C)c1. The number of aryl methyl sites for hydroxylation is 1. The molecule has 0 saturated heterocycles. The Bertz CT molecular complexity index is 410. The fraction of sp³-hybridized carbons (Fsp3) is 0.611. The third-order valence-electron chi connectivity index (χ3n) is 3.64. The fourth-order valence-electron chi connectivity index (χ4n) is 2.25. The van der Waals surface area contributed by atoms with Crippen LogP contribution in [-0.2, 0) is 0 Å². The highest BCUT2D eigenvalue weighted by Crippen LogP contribution is 2.20. The summed E-state index contributed by atoms with van der Waals surface area (Å²) < 4.78 is 5.78. The molecule has 0 spiro atoms. The van der Waals surface area contributed by atoms with Crippen LogP contribution in [0.2, 0.25) is 0 Å². The summed E-state index contributed by atoms with van der Waals surface area (Å²) in [5.74, 6) is 2.19. The second kappa shape index (κ2) is 8.78. The van der Waals surface area contributed by atoms with E-state index in [4.69, 9.17) is 4.74 Å². The maximum absolute atomic E-state index is 11.0. The first kappa shape index (κ1) is 16.7. The summed E-state index contributed by atoms with van der Waals surface area (Å²) >= 11 is 0. The average Bonchev–Trinajstić information content (AvgIpc) is 2.38. The third kappa shape index (κ3) is 6.23. The van der Waals surface area contributed by atoms with Crippen LogP contribution in [-0.4, -0.2) is 12.9 Å². The molecule has 2 heteroatoms. The number of rotatable bonds is 9. The zero-order valence-corrected chi connectivity index (χ0v) is 13.3. The molecule has 0 aliphatic carbocycles. The van der Waals surface area contributed by atoms with E-state index in [0.29, 0.717) is 18.1 Å². The van der Waals surface area contributed by atoms with Crippen LogP contribution < -0.4 is 4.74 Å². The number of ether oxygens (including phenoxy) is 1. The molecule has 1 rings (SSSR count). The van der Waals surface area contributed by atoms with Crippen molar-refractivity contribution < 1.29 is 9.53 Å². The van der Waals surface area contributed by atoms with Crippen LogP contribution >= 0.6 is 0 Å². The maximum Gasteiger partial charge on any atom is 0.153 e. The summed E-state index contributed by atoms with van der Waals surface area (Å²) in [6, 6.07) is 5.70. The highest BCUT2D eigenvalue weighted by molar-refractivity contribution is 5.79. The van der Waals surface area contributed by atoms with Crippen LogP contribution in [0.3, 0.4) is 0 Å². The molecule has 0 fully saturated rings. The summed E-state index contributed by atoms with van der Waals surface area (Å²) in [6.45, 7) is 9.52. The number of hydrogen-bond donors (Lipinski definition) is 0. The molecule has 0 heterocycles. The predicted octanol–water partition coefficient (Wildman–Crippen LogP) is 5.04. The van der Waals surface area contributed by atoms with Gasteiger partial charge in [-0.15, -0.1) is 0 Å². The van der Waals surface area contributed by atoms with Crippen molar-refractivity contribution in [1.29, 1.82) is 0 Å². The molecule has 112 valence electrons. The topological polar surface area (TPSA) is 26.3 Å². The normalized spacial score (nSPS) is 12.4. The van der Waals surface area contributed by atoms with Gasteiger partial charge >= 0.3 is 0 Å². The van der Waals surface area contributed by atoms with E-state index in [2.05, 4.69) is 20.8 Å². The Labute approximate surface area is 123 Å². The van der Waals surface area contributed by atoms with E-state index in [1.165, 1.54) is 19.3 Å². The maximum atomic E-state index is 11.0. The van der Waals surface area contributed by atoms with Crippen molar-refractivity contribution in [3.8, 4) is 5.75 Å². The number of carbonyl (C=O) groups is 1. The van der Waals surface area contributed by atoms with Crippen molar-refractivity contribution >= 4 is 6.29 Å². The van der Waals surface area contributed by atoms with Gasteiger partial charge in [-0.25, -0.2) is 0 Å². The lowest BCUT2D eigenvalue weighted by Crippen LogP contribution is -2.06. The summed E-state index contributed by atoms with van der Waals surface area (Å²) in [7, 11) is 0. The van der Waals surface area contributed by atoms with E-state index in [0.717, 1.165) is 29.9 Å². The van der Waals surface area contributed by atoms with E-state index in [1.54, 1.807) is 0 Å². The van der Waals surface area contributed by atoms with Crippen LogP contribution in [0.1, 0.15) is 62.4 Å². The van der Waals surface area contributed by atoms with Gasteiger partial charge in [0, 0.05) is 0 Å². The summed E-state index contributed by atoms with van der Waals surface area (Å²) in [5, 5.41) is 0. The molecule has 1 atom stereocenters. The standard InChI is InChI=1S/C18H28O2/c1-14(2)6-5-7-15(3)10-11-20-18-12-16(4)8-9-17(18)13-19/h8-9,12-15H,5-7,10-11H2,1-4H3. The summed E-state index contributed by atoms with van der Waals surface area (Å²) in [4.78, 5) is 11.0. The summed E-state index contributed by atoms with van der Waals surface area (Å²) in [5.41, 5.74) is 1.76. The van der Waals surface area contributed by atoms with Crippen LogP contribution in [0.4, 0.5) is 0 Å². The van der Waals surface area contributed by atoms with Gasteiger partial charge in [0.1, 0.15) is 5.75 Å². The van der Waals surface area contributed by atoms with Gasteiger partial charge in [-0.3, -0.25) is 4.79 Å². The van der Waals surface area contributed by atoms with Crippen molar-refractivity contribution in [2.75, 3.05) is 6.61 Å². The Hall–Kier alpha value is -1.31. The van der Waals surface area contributed by atoms with Crippen LogP contribution in [0.5, 0.6) is 5.75 Å². The smallest absolute Gasteiger partial charge is 0.153 e. The van der Waals surface area contributed by atoms with Gasteiger partial charge in [-0.05, 0) is 42.9 Å². The van der Waals surface area contributed by atoms with Gasteiger partial charge < -0.3 is 4.74 Å². The van der Waals surface area contributed by atoms with Gasteiger partial charge in [0.2, 0.25) is 0 Å². The molecule has 2 nitrogen and oxygen atoms in total.